The highest BCUT2D eigenvalue weighted by molar-refractivity contribution is 6.33. The number of halogens is 2. The van der Waals surface area contributed by atoms with Crippen LogP contribution in [0.15, 0.2) is 30.9 Å². The third kappa shape index (κ3) is 3.74. The van der Waals surface area contributed by atoms with Gasteiger partial charge in [-0.1, -0.05) is 36.2 Å². The third-order valence-corrected chi connectivity index (χ3v) is 4.07. The zero-order chi connectivity index (χ0) is 13.2. The van der Waals surface area contributed by atoms with Gasteiger partial charge < -0.3 is 5.32 Å². The smallest absolute Gasteiger partial charge is 0.0439 e. The first-order valence-corrected chi connectivity index (χ1v) is 7.09. The van der Waals surface area contributed by atoms with Crippen LogP contribution in [-0.4, -0.2) is 12.6 Å². The first-order valence-electron chi connectivity index (χ1n) is 6.33. The number of nitrogens with one attached hydrogen (secondary N) is 1. The summed E-state index contributed by atoms with van der Waals surface area (Å²) in [5, 5.41) is 5.06. The maximum absolute atomic E-state index is 6.22. The van der Waals surface area contributed by atoms with Gasteiger partial charge in [0.15, 0.2) is 0 Å². The lowest BCUT2D eigenvalue weighted by molar-refractivity contribution is 0.389. The molecule has 0 aromatic heterocycles. The van der Waals surface area contributed by atoms with Gasteiger partial charge in [-0.3, -0.25) is 0 Å². The monoisotopic (exact) mass is 283 g/mol. The molecule has 1 fully saturated rings. The van der Waals surface area contributed by atoms with Gasteiger partial charge in [-0.25, -0.2) is 0 Å². The van der Waals surface area contributed by atoms with Crippen LogP contribution in [0.4, 0.5) is 0 Å². The minimum Gasteiger partial charge on any atom is -0.313 e. The number of rotatable bonds is 6. The standard InChI is InChI=1S/C15H19Cl2N/c1-3-15(2,10-18-13-5-6-13)9-11-8-12(16)4-7-14(11)17/h3-4,7-8,13,18H,1,5-6,9-10H2,2H3. The average Bonchev–Trinajstić information content (AvgIpc) is 3.15. The van der Waals surface area contributed by atoms with Crippen molar-refractivity contribution in [3.05, 3.63) is 46.5 Å². The molecule has 1 aromatic carbocycles. The summed E-state index contributed by atoms with van der Waals surface area (Å²) in [5.74, 6) is 0. The SMILES string of the molecule is C=CC(C)(CNC1CC1)Cc1cc(Cl)ccc1Cl. The van der Waals surface area contributed by atoms with E-state index >= 15 is 0 Å². The summed E-state index contributed by atoms with van der Waals surface area (Å²) in [6.07, 6.45) is 5.46. The molecule has 0 spiro atoms. The van der Waals surface area contributed by atoms with Crippen molar-refractivity contribution in [2.24, 2.45) is 5.41 Å². The minimum atomic E-state index is 0.0108. The van der Waals surface area contributed by atoms with Crippen molar-refractivity contribution in [1.82, 2.24) is 5.32 Å². The van der Waals surface area contributed by atoms with E-state index in [0.717, 1.165) is 28.6 Å². The van der Waals surface area contributed by atoms with Crippen LogP contribution < -0.4 is 5.32 Å². The Morgan fingerprint density at radius 3 is 2.78 bits per heavy atom. The molecular weight excluding hydrogens is 265 g/mol. The summed E-state index contributed by atoms with van der Waals surface area (Å²) in [7, 11) is 0. The van der Waals surface area contributed by atoms with Gasteiger partial charge in [-0.05, 0) is 43.0 Å². The summed E-state index contributed by atoms with van der Waals surface area (Å²) in [5.41, 5.74) is 1.10. The largest absolute Gasteiger partial charge is 0.313 e. The van der Waals surface area contributed by atoms with E-state index in [0.29, 0.717) is 6.04 Å². The summed E-state index contributed by atoms with van der Waals surface area (Å²) < 4.78 is 0. The lowest BCUT2D eigenvalue weighted by atomic mass is 9.83. The van der Waals surface area contributed by atoms with E-state index in [9.17, 15) is 0 Å². The molecule has 1 aliphatic rings. The number of benzene rings is 1. The Morgan fingerprint density at radius 2 is 2.17 bits per heavy atom. The van der Waals surface area contributed by atoms with E-state index in [-0.39, 0.29) is 5.41 Å². The van der Waals surface area contributed by atoms with Gasteiger partial charge in [0.05, 0.1) is 0 Å². The van der Waals surface area contributed by atoms with Crippen LogP contribution in [0.2, 0.25) is 10.0 Å². The van der Waals surface area contributed by atoms with Gasteiger partial charge in [-0.15, -0.1) is 6.58 Å². The van der Waals surface area contributed by atoms with E-state index in [1.54, 1.807) is 0 Å². The molecule has 18 heavy (non-hydrogen) atoms. The summed E-state index contributed by atoms with van der Waals surface area (Å²) in [6.45, 7) is 7.10. The van der Waals surface area contributed by atoms with E-state index in [4.69, 9.17) is 23.2 Å². The Labute approximate surface area is 119 Å². The van der Waals surface area contributed by atoms with Crippen LogP contribution in [-0.2, 0) is 6.42 Å². The van der Waals surface area contributed by atoms with E-state index in [1.165, 1.54) is 12.8 Å². The quantitative estimate of drug-likeness (QED) is 0.759. The summed E-state index contributed by atoms with van der Waals surface area (Å²) in [6, 6.07) is 6.33. The minimum absolute atomic E-state index is 0.0108. The molecule has 3 heteroatoms. The maximum Gasteiger partial charge on any atom is 0.0439 e. The highest BCUT2D eigenvalue weighted by atomic mass is 35.5. The van der Waals surface area contributed by atoms with Crippen LogP contribution in [0.1, 0.15) is 25.3 Å². The van der Waals surface area contributed by atoms with E-state index < -0.39 is 0 Å². The first-order chi connectivity index (χ1) is 8.52. The molecule has 0 amide bonds. The topological polar surface area (TPSA) is 12.0 Å². The lowest BCUT2D eigenvalue weighted by Gasteiger charge is -2.27. The van der Waals surface area contributed by atoms with Gasteiger partial charge in [0.1, 0.15) is 0 Å². The normalized spacial score (nSPS) is 18.4. The van der Waals surface area contributed by atoms with Crippen molar-refractivity contribution in [2.45, 2.75) is 32.2 Å². The van der Waals surface area contributed by atoms with E-state index in [2.05, 4.69) is 18.8 Å². The Hall–Kier alpha value is -0.500. The average molecular weight is 284 g/mol. The molecule has 0 bridgehead atoms. The molecule has 0 radical (unpaired) electrons. The zero-order valence-electron chi connectivity index (χ0n) is 10.7. The Kier molecular flexibility index (Phi) is 4.37. The Morgan fingerprint density at radius 1 is 1.44 bits per heavy atom. The van der Waals surface area contributed by atoms with E-state index in [1.807, 2.05) is 24.3 Å². The second-order valence-electron chi connectivity index (χ2n) is 5.43. The molecule has 0 aliphatic heterocycles. The van der Waals surface area contributed by atoms with Gasteiger partial charge in [0, 0.05) is 28.0 Å². The molecule has 1 aromatic rings. The fourth-order valence-electron chi connectivity index (χ4n) is 1.99. The summed E-state index contributed by atoms with van der Waals surface area (Å²) in [4.78, 5) is 0. The second-order valence-corrected chi connectivity index (χ2v) is 6.27. The molecule has 1 N–H and O–H groups in total. The molecule has 1 atom stereocenters. The third-order valence-electron chi connectivity index (χ3n) is 3.47. The van der Waals surface area contributed by atoms with Crippen LogP contribution in [0.3, 0.4) is 0 Å². The predicted octanol–water partition coefficient (Wildman–Crippen LogP) is 4.48. The predicted molar refractivity (Wildman–Crippen MR) is 79.5 cm³/mol. The van der Waals surface area contributed by atoms with Crippen molar-refractivity contribution in [1.29, 1.82) is 0 Å². The fraction of sp³-hybridized carbons (Fsp3) is 0.467. The molecular formula is C15H19Cl2N. The fourth-order valence-corrected chi connectivity index (χ4v) is 2.36. The summed E-state index contributed by atoms with van der Waals surface area (Å²) >= 11 is 12.2. The molecule has 0 saturated heterocycles. The Balaban J connectivity index is 2.07. The van der Waals surface area contributed by atoms with Crippen molar-refractivity contribution >= 4 is 23.2 Å². The van der Waals surface area contributed by atoms with Crippen molar-refractivity contribution in [3.8, 4) is 0 Å². The lowest BCUT2D eigenvalue weighted by Crippen LogP contribution is -2.33. The van der Waals surface area contributed by atoms with Crippen LogP contribution in [0.5, 0.6) is 0 Å². The molecule has 1 nitrogen and oxygen atoms in total. The molecule has 1 saturated carbocycles. The van der Waals surface area contributed by atoms with Gasteiger partial charge in [0.2, 0.25) is 0 Å². The molecule has 1 unspecified atom stereocenters. The van der Waals surface area contributed by atoms with Crippen LogP contribution in [0, 0.1) is 5.41 Å². The number of hydrogen-bond donors (Lipinski definition) is 1. The maximum atomic E-state index is 6.22. The molecule has 1 aliphatic carbocycles. The van der Waals surface area contributed by atoms with Crippen LogP contribution in [0.25, 0.3) is 0 Å². The van der Waals surface area contributed by atoms with Crippen molar-refractivity contribution in [3.63, 3.8) is 0 Å². The van der Waals surface area contributed by atoms with Crippen molar-refractivity contribution in [2.75, 3.05) is 6.54 Å². The van der Waals surface area contributed by atoms with Gasteiger partial charge in [0.25, 0.3) is 0 Å². The molecule has 0 heterocycles. The highest BCUT2D eigenvalue weighted by Crippen LogP contribution is 2.30. The number of hydrogen-bond acceptors (Lipinski definition) is 1. The van der Waals surface area contributed by atoms with Crippen LogP contribution >= 0.6 is 23.2 Å². The first kappa shape index (κ1) is 13.9. The highest BCUT2D eigenvalue weighted by Gasteiger charge is 2.27. The molecule has 2 rings (SSSR count). The van der Waals surface area contributed by atoms with Gasteiger partial charge >= 0.3 is 0 Å². The zero-order valence-corrected chi connectivity index (χ0v) is 12.2. The second kappa shape index (κ2) is 5.64. The Bertz CT molecular complexity index is 440. The molecule has 98 valence electrons. The van der Waals surface area contributed by atoms with Crippen molar-refractivity contribution < 1.29 is 0 Å². The van der Waals surface area contributed by atoms with Gasteiger partial charge in [-0.2, -0.15) is 0 Å².